The molecule has 198 valence electrons. The van der Waals surface area contributed by atoms with Gasteiger partial charge in [-0.25, -0.2) is 11.6 Å². The molecule has 0 N–H and O–H groups in total. The monoisotopic (exact) mass is 627 g/mol. The number of halogens is 2. The molecule has 4 aromatic carbocycles. The van der Waals surface area contributed by atoms with E-state index in [4.69, 9.17) is 0 Å². The third-order valence-electron chi connectivity index (χ3n) is 6.65. The third-order valence-corrected chi connectivity index (χ3v) is 8.07. The van der Waals surface area contributed by atoms with Crippen LogP contribution < -0.4 is 29.7 Å². The van der Waals surface area contributed by atoms with E-state index >= 15 is 0 Å². The second kappa shape index (κ2) is 15.9. The molecule has 0 heterocycles. The van der Waals surface area contributed by atoms with E-state index in [1.165, 1.54) is 72.0 Å². The van der Waals surface area contributed by atoms with Crippen LogP contribution in [0.3, 0.4) is 0 Å². The van der Waals surface area contributed by atoms with Crippen molar-refractivity contribution in [3.8, 4) is 11.1 Å². The molecule has 0 spiro atoms. The summed E-state index contributed by atoms with van der Waals surface area (Å²) in [7, 11) is 4.11. The molecule has 4 aromatic rings. The van der Waals surface area contributed by atoms with Crippen LogP contribution in [0.15, 0.2) is 114 Å². The van der Waals surface area contributed by atoms with E-state index in [2.05, 4.69) is 148 Å². The van der Waals surface area contributed by atoms with Crippen molar-refractivity contribution in [2.45, 2.75) is 26.7 Å². The fourth-order valence-corrected chi connectivity index (χ4v) is 5.12. The SMILES string of the molecule is CC1=C(C)C[C-]=C1.CN(C)c1[c-]c2c(cc1)-c1ccccc1C2.[Cl-].[Cl-].[Zr+2]=[C](c1ccccc1)c1ccccc1. The molecule has 0 fully saturated rings. The van der Waals surface area contributed by atoms with Crippen molar-refractivity contribution < 1.29 is 49.0 Å². The van der Waals surface area contributed by atoms with Crippen molar-refractivity contribution >= 4 is 8.89 Å². The van der Waals surface area contributed by atoms with Gasteiger partial charge in [-0.3, -0.25) is 6.08 Å². The minimum atomic E-state index is 0. The van der Waals surface area contributed by atoms with Gasteiger partial charge in [0.1, 0.15) is 0 Å². The molecule has 0 radical (unpaired) electrons. The summed E-state index contributed by atoms with van der Waals surface area (Å²) in [5.41, 5.74) is 12.1. The standard InChI is InChI=1S/C15H14N.C13H10.C7H9.2ClH.Zr/c1-16(2)13-7-8-15-12(10-13)9-11-5-3-4-6-14(11)15;1-3-7-12(8-4-1)11-13-9-5-2-6-10-13;1-6-4-3-5-7(6)2;;;/h3-8H,9H2,1-2H3;1-10H;4H,5H2,1-2H3;2*1H;/q-1;;-1;;;+2/p-2. The van der Waals surface area contributed by atoms with Crippen LogP contribution in [-0.4, -0.2) is 17.3 Å². The van der Waals surface area contributed by atoms with Crippen molar-refractivity contribution in [2.24, 2.45) is 0 Å². The Bertz CT molecular complexity index is 1380. The van der Waals surface area contributed by atoms with E-state index in [1.54, 1.807) is 0 Å². The quantitative estimate of drug-likeness (QED) is 0.277. The summed E-state index contributed by atoms with van der Waals surface area (Å²) < 4.78 is 1.42. The number of anilines is 1. The first kappa shape index (κ1) is 32.7. The summed E-state index contributed by atoms with van der Waals surface area (Å²) in [6.07, 6.45) is 7.24. The van der Waals surface area contributed by atoms with Gasteiger partial charge in [0.25, 0.3) is 0 Å². The van der Waals surface area contributed by atoms with E-state index in [1.807, 2.05) is 0 Å². The number of hydrogen-bond donors (Lipinski definition) is 0. The third kappa shape index (κ3) is 8.74. The van der Waals surface area contributed by atoms with Crippen LogP contribution in [0.25, 0.3) is 11.1 Å². The van der Waals surface area contributed by atoms with Crippen LogP contribution in [0.4, 0.5) is 5.69 Å². The van der Waals surface area contributed by atoms with Gasteiger partial charge < -0.3 is 29.7 Å². The zero-order valence-corrected chi connectivity index (χ0v) is 26.9. The van der Waals surface area contributed by atoms with Gasteiger partial charge in [0.15, 0.2) is 0 Å². The maximum absolute atomic E-state index is 3.50. The van der Waals surface area contributed by atoms with Crippen LogP contribution in [0.5, 0.6) is 0 Å². The molecule has 6 rings (SSSR count). The summed E-state index contributed by atoms with van der Waals surface area (Å²) in [5.74, 6) is 0. The van der Waals surface area contributed by atoms with Crippen molar-refractivity contribution in [1.29, 1.82) is 0 Å². The first-order valence-corrected chi connectivity index (χ1v) is 13.9. The second-order valence-electron chi connectivity index (χ2n) is 9.56. The number of nitrogens with zero attached hydrogens (tertiary/aromatic N) is 1. The molecule has 0 bridgehead atoms. The number of allylic oxidation sites excluding steroid dienone is 4. The Balaban J connectivity index is 0.000000214. The minimum absolute atomic E-state index is 0. The van der Waals surface area contributed by atoms with E-state index in [0.717, 1.165) is 18.5 Å². The van der Waals surface area contributed by atoms with Crippen molar-refractivity contribution in [3.05, 3.63) is 149 Å². The van der Waals surface area contributed by atoms with Gasteiger partial charge in [-0.15, -0.1) is 30.5 Å². The number of fused-ring (bicyclic) bond motifs is 3. The van der Waals surface area contributed by atoms with E-state index in [-0.39, 0.29) is 24.8 Å². The van der Waals surface area contributed by atoms with Crippen LogP contribution in [0, 0.1) is 12.1 Å². The summed E-state index contributed by atoms with van der Waals surface area (Å²) in [6, 6.07) is 37.6. The Morgan fingerprint density at radius 2 is 1.28 bits per heavy atom. The summed E-state index contributed by atoms with van der Waals surface area (Å²) in [4.78, 5) is 2.10. The topological polar surface area (TPSA) is 3.24 Å². The predicted octanol–water partition coefficient (Wildman–Crippen LogP) is 2.02. The normalized spacial score (nSPS) is 11.9. The average Bonchev–Trinajstić information content (AvgIpc) is 3.51. The fourth-order valence-electron chi connectivity index (χ4n) is 4.30. The molecule has 0 atom stereocenters. The van der Waals surface area contributed by atoms with Gasteiger partial charge in [0.2, 0.25) is 0 Å². The Hall–Kier alpha value is -2.51. The Morgan fingerprint density at radius 3 is 1.77 bits per heavy atom. The molecule has 0 unspecified atom stereocenters. The van der Waals surface area contributed by atoms with Gasteiger partial charge in [0, 0.05) is 14.1 Å². The van der Waals surface area contributed by atoms with E-state index in [0.29, 0.717) is 0 Å². The van der Waals surface area contributed by atoms with Crippen LogP contribution >= 0.6 is 0 Å². The summed E-state index contributed by atoms with van der Waals surface area (Å²) >= 11 is 1.46. The number of benzene rings is 4. The predicted molar refractivity (Wildman–Crippen MR) is 155 cm³/mol. The van der Waals surface area contributed by atoms with Gasteiger partial charge in [-0.1, -0.05) is 48.0 Å². The molecule has 1 nitrogen and oxygen atoms in total. The maximum atomic E-state index is 3.50. The number of rotatable bonds is 3. The molecule has 0 aliphatic heterocycles. The average molecular weight is 630 g/mol. The van der Waals surface area contributed by atoms with E-state index < -0.39 is 0 Å². The van der Waals surface area contributed by atoms with Crippen LogP contribution in [-0.2, 0) is 30.7 Å². The van der Waals surface area contributed by atoms with Crippen LogP contribution in [0.1, 0.15) is 42.5 Å². The Kier molecular flexibility index (Phi) is 13.4. The van der Waals surface area contributed by atoms with Crippen molar-refractivity contribution in [1.82, 2.24) is 0 Å². The Labute approximate surface area is 261 Å². The molecule has 0 saturated carbocycles. The summed E-state index contributed by atoms with van der Waals surface area (Å²) in [6.45, 7) is 4.27. The molecule has 39 heavy (non-hydrogen) atoms. The molecular formula is C35H33Cl2NZr-2. The zero-order chi connectivity index (χ0) is 26.2. The molecule has 0 saturated heterocycles. The first-order chi connectivity index (χ1) is 17.9. The van der Waals surface area contributed by atoms with Gasteiger partial charge in [-0.05, 0) is 6.42 Å². The second-order valence-corrected chi connectivity index (χ2v) is 10.8. The van der Waals surface area contributed by atoms with Gasteiger partial charge >= 0.3 is 99.2 Å². The zero-order valence-electron chi connectivity index (χ0n) is 22.9. The molecule has 0 amide bonds. The molecular weight excluding hydrogens is 597 g/mol. The van der Waals surface area contributed by atoms with E-state index in [9.17, 15) is 0 Å². The Morgan fingerprint density at radius 1 is 0.718 bits per heavy atom. The fraction of sp³-hybridized carbons (Fsp3) is 0.171. The van der Waals surface area contributed by atoms with Gasteiger partial charge in [-0.2, -0.15) is 17.7 Å². The van der Waals surface area contributed by atoms with Crippen molar-refractivity contribution in [2.75, 3.05) is 19.0 Å². The van der Waals surface area contributed by atoms with Crippen LogP contribution in [0.2, 0.25) is 0 Å². The molecule has 2 aliphatic rings. The molecule has 2 aliphatic carbocycles. The first-order valence-electron chi connectivity index (χ1n) is 12.7. The van der Waals surface area contributed by atoms with Gasteiger partial charge in [0.05, 0.1) is 0 Å². The molecule has 4 heteroatoms. The summed E-state index contributed by atoms with van der Waals surface area (Å²) in [5, 5.41) is 0. The van der Waals surface area contributed by atoms with Crippen molar-refractivity contribution in [3.63, 3.8) is 0 Å². The number of hydrogen-bond acceptors (Lipinski definition) is 1. The molecule has 0 aromatic heterocycles.